The van der Waals surface area contributed by atoms with Crippen LogP contribution in [-0.4, -0.2) is 59.8 Å². The molecule has 3 heterocycles. The van der Waals surface area contributed by atoms with Gasteiger partial charge in [0.2, 0.25) is 11.1 Å². The fourth-order valence-corrected chi connectivity index (χ4v) is 5.29. The molecule has 1 saturated heterocycles. The maximum Gasteiger partial charge on any atom is 0.396 e. The van der Waals surface area contributed by atoms with Gasteiger partial charge in [-0.15, -0.1) is 0 Å². The van der Waals surface area contributed by atoms with Crippen molar-refractivity contribution in [2.75, 3.05) is 44.7 Å². The molecule has 3 aromatic rings. The molecule has 0 atom stereocenters. The lowest BCUT2D eigenvalue weighted by Crippen LogP contribution is -2.37. The van der Waals surface area contributed by atoms with E-state index in [4.69, 9.17) is 9.72 Å². The Kier molecular flexibility index (Phi) is 8.11. The topological polar surface area (TPSA) is 103 Å². The molecule has 1 amide bonds. The number of pyridine rings is 1. The smallest absolute Gasteiger partial charge is 0.379 e. The molecule has 9 nitrogen and oxygen atoms in total. The summed E-state index contributed by atoms with van der Waals surface area (Å²) in [6, 6.07) is 8.61. The van der Waals surface area contributed by atoms with Gasteiger partial charge in [-0.3, -0.25) is 14.5 Å². The Morgan fingerprint density at radius 2 is 1.89 bits per heavy atom. The van der Waals surface area contributed by atoms with Gasteiger partial charge in [0.1, 0.15) is 10.9 Å². The number of morpholine rings is 1. The van der Waals surface area contributed by atoms with Crippen molar-refractivity contribution in [1.82, 2.24) is 19.8 Å². The lowest BCUT2D eigenvalue weighted by Gasteiger charge is -2.26. The normalized spacial score (nSPS) is 17.1. The number of anilines is 2. The summed E-state index contributed by atoms with van der Waals surface area (Å²) in [5.41, 5.74) is 2.69. The molecule has 3 N–H and O–H groups in total. The van der Waals surface area contributed by atoms with Gasteiger partial charge in [-0.25, -0.2) is 10.3 Å². The first-order chi connectivity index (χ1) is 18.1. The summed E-state index contributed by atoms with van der Waals surface area (Å²) in [7, 11) is 0. The van der Waals surface area contributed by atoms with Gasteiger partial charge in [0, 0.05) is 38.4 Å². The second-order valence-corrected chi connectivity index (χ2v) is 9.94. The molecule has 1 aliphatic carbocycles. The number of ether oxygens (including phenoxy) is 1. The number of benzene rings is 1. The van der Waals surface area contributed by atoms with Crippen LogP contribution >= 0.6 is 0 Å². The summed E-state index contributed by atoms with van der Waals surface area (Å²) in [4.78, 5) is 36.2. The molecule has 2 aromatic heterocycles. The molecular weight excluding hydrogens is 468 g/mol. The predicted octanol–water partition coefficient (Wildman–Crippen LogP) is 3.08. The van der Waals surface area contributed by atoms with E-state index in [1.54, 1.807) is 12.4 Å². The van der Waals surface area contributed by atoms with Crippen molar-refractivity contribution in [3.05, 3.63) is 58.0 Å². The number of rotatable bonds is 8. The van der Waals surface area contributed by atoms with Gasteiger partial charge >= 0.3 is 5.95 Å². The van der Waals surface area contributed by atoms with Crippen LogP contribution in [0.5, 0.6) is 0 Å². The minimum Gasteiger partial charge on any atom is -0.379 e. The van der Waals surface area contributed by atoms with Crippen molar-refractivity contribution in [1.29, 1.82) is 0 Å². The summed E-state index contributed by atoms with van der Waals surface area (Å²) in [5, 5.41) is 6.55. The zero-order chi connectivity index (χ0) is 25.6. The van der Waals surface area contributed by atoms with E-state index in [0.29, 0.717) is 23.5 Å². The number of carbonyl (C=O) groups is 1. The molecule has 0 unspecified atom stereocenters. The van der Waals surface area contributed by atoms with Crippen LogP contribution in [0.2, 0.25) is 0 Å². The minimum absolute atomic E-state index is 0.170. The summed E-state index contributed by atoms with van der Waals surface area (Å²) < 4.78 is 7.48. The third-order valence-electron chi connectivity index (χ3n) is 7.40. The maximum absolute atomic E-state index is 13.2. The molecule has 0 radical (unpaired) electrons. The minimum atomic E-state index is -0.338. The number of aromatic amines is 1. The van der Waals surface area contributed by atoms with E-state index in [1.165, 1.54) is 12.0 Å². The number of hydrogen-bond donors (Lipinski definition) is 2. The van der Waals surface area contributed by atoms with Crippen LogP contribution < -0.4 is 21.0 Å². The first-order valence-electron chi connectivity index (χ1n) is 13.5. The van der Waals surface area contributed by atoms with E-state index in [2.05, 4.69) is 44.8 Å². The molecule has 1 aromatic carbocycles. The molecule has 1 aliphatic heterocycles. The van der Waals surface area contributed by atoms with E-state index < -0.39 is 0 Å². The highest BCUT2D eigenvalue weighted by Gasteiger charge is 2.24. The number of carbonyl (C=O) groups excluding carboxylic acids is 1. The molecule has 2 aliphatic rings. The average molecular weight is 506 g/mol. The zero-order valence-corrected chi connectivity index (χ0v) is 21.6. The number of nitrogens with zero attached hydrogens (tertiary/aromatic N) is 3. The molecule has 9 heteroatoms. The Morgan fingerprint density at radius 1 is 1.14 bits per heavy atom. The Bertz CT molecular complexity index is 1280. The number of hydrogen-bond acceptors (Lipinski definition) is 6. The molecule has 2 fully saturated rings. The van der Waals surface area contributed by atoms with E-state index in [1.807, 2.05) is 11.5 Å². The van der Waals surface area contributed by atoms with Crippen LogP contribution in [0, 0.1) is 0 Å². The molecule has 196 valence electrons. The molecule has 5 rings (SSSR count). The standard InChI is InChI=1S/C28H36N6O3/c1-2-29-27(36)24-19-34(22-6-4-3-5-7-22)26-23(25(24)35)18-30-28(32-26)31-21-10-8-20(9-11-21)12-13-33-14-16-37-17-15-33/h8-11,18-19,22H,2-7,12-17H2,1H3,(H,29,36)(H,30,31,32)/p+1. The fourth-order valence-electron chi connectivity index (χ4n) is 5.29. The highest BCUT2D eigenvalue weighted by atomic mass is 16.5. The Morgan fingerprint density at radius 3 is 2.62 bits per heavy atom. The van der Waals surface area contributed by atoms with Gasteiger partial charge in [0.05, 0.1) is 25.1 Å². The first-order valence-corrected chi connectivity index (χ1v) is 13.5. The van der Waals surface area contributed by atoms with E-state index in [9.17, 15) is 9.59 Å². The Balaban J connectivity index is 1.38. The summed E-state index contributed by atoms with van der Waals surface area (Å²) in [5.74, 6) is 0.221. The fraction of sp³-hybridized carbons (Fsp3) is 0.500. The number of amides is 1. The maximum atomic E-state index is 13.2. The lowest BCUT2D eigenvalue weighted by atomic mass is 9.95. The SMILES string of the molecule is CCNC(=O)c1cn(C2CCCCC2)c2nc(Nc3ccc(CCN4CCOCC4)cc3)[nH+]cc2c1=O. The Labute approximate surface area is 217 Å². The van der Waals surface area contributed by atoms with Crippen LogP contribution in [0.15, 0.2) is 41.5 Å². The van der Waals surface area contributed by atoms with Crippen LogP contribution in [-0.2, 0) is 11.2 Å². The lowest BCUT2D eigenvalue weighted by molar-refractivity contribution is -0.362. The highest BCUT2D eigenvalue weighted by molar-refractivity contribution is 5.96. The number of H-pyrrole nitrogens is 1. The Hall–Kier alpha value is -3.30. The van der Waals surface area contributed by atoms with Crippen LogP contribution in [0.1, 0.15) is 61.0 Å². The summed E-state index contributed by atoms with van der Waals surface area (Å²) in [6.45, 7) is 6.99. The number of nitrogens with one attached hydrogen (secondary N) is 3. The van der Waals surface area contributed by atoms with E-state index >= 15 is 0 Å². The van der Waals surface area contributed by atoms with E-state index in [0.717, 1.165) is 70.6 Å². The van der Waals surface area contributed by atoms with Gasteiger partial charge in [0.25, 0.3) is 5.91 Å². The third-order valence-corrected chi connectivity index (χ3v) is 7.40. The van der Waals surface area contributed by atoms with Crippen LogP contribution in [0.25, 0.3) is 11.0 Å². The molecule has 1 saturated carbocycles. The second kappa shape index (κ2) is 11.8. The second-order valence-electron chi connectivity index (χ2n) is 9.94. The molecular formula is C28H37N6O3+. The third kappa shape index (κ3) is 5.99. The van der Waals surface area contributed by atoms with Crippen molar-refractivity contribution in [3.63, 3.8) is 0 Å². The van der Waals surface area contributed by atoms with Crippen LogP contribution in [0.4, 0.5) is 11.6 Å². The van der Waals surface area contributed by atoms with Crippen molar-refractivity contribution in [2.24, 2.45) is 0 Å². The van der Waals surface area contributed by atoms with Gasteiger partial charge in [-0.2, -0.15) is 0 Å². The first kappa shape index (κ1) is 25.4. The molecule has 0 spiro atoms. The molecule has 37 heavy (non-hydrogen) atoms. The van der Waals surface area contributed by atoms with Crippen molar-refractivity contribution in [3.8, 4) is 0 Å². The number of aromatic nitrogens is 3. The average Bonchev–Trinajstić information content (AvgIpc) is 2.94. The van der Waals surface area contributed by atoms with Gasteiger partial charge in [0.15, 0.2) is 0 Å². The van der Waals surface area contributed by atoms with Gasteiger partial charge in [-0.1, -0.05) is 36.4 Å². The number of fused-ring (bicyclic) bond motifs is 1. The summed E-state index contributed by atoms with van der Waals surface area (Å²) >= 11 is 0. The monoisotopic (exact) mass is 505 g/mol. The van der Waals surface area contributed by atoms with Crippen LogP contribution in [0.3, 0.4) is 0 Å². The van der Waals surface area contributed by atoms with Crippen molar-refractivity contribution in [2.45, 2.75) is 51.5 Å². The van der Waals surface area contributed by atoms with E-state index in [-0.39, 0.29) is 22.9 Å². The summed E-state index contributed by atoms with van der Waals surface area (Å²) in [6.07, 6.45) is 9.91. The highest BCUT2D eigenvalue weighted by Crippen LogP contribution is 2.30. The zero-order valence-electron chi connectivity index (χ0n) is 21.6. The molecule has 0 bridgehead atoms. The largest absolute Gasteiger partial charge is 0.396 e. The van der Waals surface area contributed by atoms with Crippen molar-refractivity contribution < 1.29 is 14.5 Å². The van der Waals surface area contributed by atoms with Gasteiger partial charge in [-0.05, 0) is 43.9 Å². The quantitative estimate of drug-likeness (QED) is 0.488. The van der Waals surface area contributed by atoms with Gasteiger partial charge < -0.3 is 14.6 Å². The predicted molar refractivity (Wildman–Crippen MR) is 143 cm³/mol. The van der Waals surface area contributed by atoms with Crippen molar-refractivity contribution >= 4 is 28.6 Å².